The van der Waals surface area contributed by atoms with Crippen molar-refractivity contribution in [2.45, 2.75) is 24.8 Å². The summed E-state index contributed by atoms with van der Waals surface area (Å²) in [4.78, 5) is 8.46. The number of nitrogens with zero attached hydrogens (tertiary/aromatic N) is 4. The van der Waals surface area contributed by atoms with Crippen molar-refractivity contribution in [2.24, 2.45) is 12.0 Å². The van der Waals surface area contributed by atoms with Gasteiger partial charge in [-0.1, -0.05) is 23.7 Å². The first-order chi connectivity index (χ1) is 11.1. The second-order valence-electron chi connectivity index (χ2n) is 5.87. The first-order valence-corrected chi connectivity index (χ1v) is 8.04. The molecule has 1 aromatic carbocycles. The SMILES string of the molecule is CN=C(NCc1ncnn1C)NCC1(c2ccc(Cl)cc2)CC1. The van der Waals surface area contributed by atoms with Crippen molar-refractivity contribution in [2.75, 3.05) is 13.6 Å². The molecule has 2 N–H and O–H groups in total. The number of aromatic nitrogens is 3. The van der Waals surface area contributed by atoms with Crippen molar-refractivity contribution >= 4 is 17.6 Å². The van der Waals surface area contributed by atoms with Crippen LogP contribution in [0.25, 0.3) is 0 Å². The molecule has 1 fully saturated rings. The summed E-state index contributed by atoms with van der Waals surface area (Å²) < 4.78 is 1.75. The van der Waals surface area contributed by atoms with Crippen LogP contribution in [0, 0.1) is 0 Å². The van der Waals surface area contributed by atoms with Crippen LogP contribution in [-0.4, -0.2) is 34.3 Å². The van der Waals surface area contributed by atoms with Gasteiger partial charge in [-0.05, 0) is 30.5 Å². The molecule has 0 aliphatic heterocycles. The van der Waals surface area contributed by atoms with Crippen molar-refractivity contribution in [3.05, 3.63) is 47.0 Å². The molecule has 1 aliphatic rings. The maximum absolute atomic E-state index is 5.98. The van der Waals surface area contributed by atoms with Gasteiger partial charge >= 0.3 is 0 Å². The van der Waals surface area contributed by atoms with Crippen molar-refractivity contribution in [1.82, 2.24) is 25.4 Å². The minimum atomic E-state index is 0.201. The Bertz CT molecular complexity index is 687. The maximum Gasteiger partial charge on any atom is 0.191 e. The first-order valence-electron chi connectivity index (χ1n) is 7.66. The van der Waals surface area contributed by atoms with Gasteiger partial charge in [0.05, 0.1) is 6.54 Å². The highest BCUT2D eigenvalue weighted by atomic mass is 35.5. The molecule has 2 aromatic rings. The second kappa shape index (κ2) is 6.58. The molecular formula is C16H21ClN6. The summed E-state index contributed by atoms with van der Waals surface area (Å²) in [5.41, 5.74) is 1.53. The van der Waals surface area contributed by atoms with Crippen LogP contribution in [0.4, 0.5) is 0 Å². The van der Waals surface area contributed by atoms with Crippen LogP contribution < -0.4 is 10.6 Å². The second-order valence-corrected chi connectivity index (χ2v) is 6.30. The van der Waals surface area contributed by atoms with Gasteiger partial charge in [-0.25, -0.2) is 4.98 Å². The average molecular weight is 333 g/mol. The molecule has 122 valence electrons. The van der Waals surface area contributed by atoms with Gasteiger partial charge in [0.15, 0.2) is 5.96 Å². The maximum atomic E-state index is 5.98. The molecule has 0 saturated heterocycles. The van der Waals surface area contributed by atoms with Crippen LogP contribution in [0.1, 0.15) is 24.2 Å². The summed E-state index contributed by atoms with van der Waals surface area (Å²) >= 11 is 5.98. The van der Waals surface area contributed by atoms with Gasteiger partial charge in [-0.3, -0.25) is 9.67 Å². The van der Waals surface area contributed by atoms with E-state index in [9.17, 15) is 0 Å². The van der Waals surface area contributed by atoms with E-state index < -0.39 is 0 Å². The third-order valence-electron chi connectivity index (χ3n) is 4.35. The Morgan fingerprint density at radius 2 is 2.04 bits per heavy atom. The van der Waals surface area contributed by atoms with Gasteiger partial charge in [0, 0.05) is 31.1 Å². The monoisotopic (exact) mass is 332 g/mol. The Hall–Kier alpha value is -2.08. The lowest BCUT2D eigenvalue weighted by molar-refractivity contribution is 0.634. The summed E-state index contributed by atoms with van der Waals surface area (Å²) in [7, 11) is 3.65. The normalized spacial score (nSPS) is 16.2. The van der Waals surface area contributed by atoms with Gasteiger partial charge in [-0.2, -0.15) is 5.10 Å². The van der Waals surface area contributed by atoms with Crippen LogP contribution in [0.2, 0.25) is 5.02 Å². The minimum absolute atomic E-state index is 0.201. The molecule has 23 heavy (non-hydrogen) atoms. The third kappa shape index (κ3) is 3.64. The van der Waals surface area contributed by atoms with Crippen molar-refractivity contribution in [3.8, 4) is 0 Å². The Labute approximate surface area is 141 Å². The molecule has 1 aliphatic carbocycles. The average Bonchev–Trinajstić information content (AvgIpc) is 3.24. The fourth-order valence-electron chi connectivity index (χ4n) is 2.64. The molecule has 7 heteroatoms. The van der Waals surface area contributed by atoms with Crippen LogP contribution in [0.15, 0.2) is 35.6 Å². The molecule has 6 nitrogen and oxygen atoms in total. The highest BCUT2D eigenvalue weighted by Crippen LogP contribution is 2.47. The molecule has 0 amide bonds. The zero-order chi connectivity index (χ0) is 16.3. The lowest BCUT2D eigenvalue weighted by Crippen LogP contribution is -2.41. The number of nitrogens with one attached hydrogen (secondary N) is 2. The Morgan fingerprint density at radius 3 is 2.61 bits per heavy atom. The topological polar surface area (TPSA) is 67.1 Å². The summed E-state index contributed by atoms with van der Waals surface area (Å²) in [5, 5.41) is 11.5. The van der Waals surface area contributed by atoms with Crippen molar-refractivity contribution < 1.29 is 0 Å². The zero-order valence-electron chi connectivity index (χ0n) is 13.4. The first kappa shape index (κ1) is 15.8. The number of benzene rings is 1. The highest BCUT2D eigenvalue weighted by molar-refractivity contribution is 6.30. The van der Waals surface area contributed by atoms with E-state index in [4.69, 9.17) is 11.6 Å². The Kier molecular flexibility index (Phi) is 4.52. The van der Waals surface area contributed by atoms with E-state index in [0.29, 0.717) is 6.54 Å². The van der Waals surface area contributed by atoms with Crippen LogP contribution >= 0.6 is 11.6 Å². The standard InChI is InChI=1S/C16H21ClN6/c1-18-15(19-9-14-21-11-22-23(14)2)20-10-16(7-8-16)12-3-5-13(17)6-4-12/h3-6,11H,7-10H2,1-2H3,(H2,18,19,20). The molecule has 0 atom stereocenters. The van der Waals surface area contributed by atoms with Crippen molar-refractivity contribution in [3.63, 3.8) is 0 Å². The van der Waals surface area contributed by atoms with Crippen LogP contribution in [0.5, 0.6) is 0 Å². The number of hydrogen-bond donors (Lipinski definition) is 2. The number of rotatable bonds is 5. The number of aryl methyl sites for hydroxylation is 1. The summed E-state index contributed by atoms with van der Waals surface area (Å²) in [5.74, 6) is 1.64. The predicted octanol–water partition coefficient (Wildman–Crippen LogP) is 1.87. The Morgan fingerprint density at radius 1 is 1.30 bits per heavy atom. The highest BCUT2D eigenvalue weighted by Gasteiger charge is 2.44. The Balaban J connectivity index is 1.56. The molecule has 0 bridgehead atoms. The van der Waals surface area contributed by atoms with Crippen LogP contribution in [0.3, 0.4) is 0 Å². The number of halogens is 1. The third-order valence-corrected chi connectivity index (χ3v) is 4.60. The van der Waals surface area contributed by atoms with E-state index >= 15 is 0 Å². The van der Waals surface area contributed by atoms with E-state index in [1.54, 1.807) is 18.1 Å². The molecule has 1 aromatic heterocycles. The quantitative estimate of drug-likeness (QED) is 0.648. The van der Waals surface area contributed by atoms with E-state index in [2.05, 4.69) is 37.8 Å². The van der Waals surface area contributed by atoms with Crippen molar-refractivity contribution in [1.29, 1.82) is 0 Å². The fraction of sp³-hybridized carbons (Fsp3) is 0.438. The van der Waals surface area contributed by atoms with Crippen LogP contribution in [-0.2, 0) is 19.0 Å². The molecule has 0 spiro atoms. The summed E-state index contributed by atoms with van der Waals surface area (Å²) in [6, 6.07) is 8.15. The molecule has 0 unspecified atom stereocenters. The number of aliphatic imine (C=N–C) groups is 1. The molecule has 1 heterocycles. The molecular weight excluding hydrogens is 312 g/mol. The van der Waals surface area contributed by atoms with E-state index in [0.717, 1.165) is 23.4 Å². The van der Waals surface area contributed by atoms with E-state index in [1.807, 2.05) is 19.2 Å². The van der Waals surface area contributed by atoms with Gasteiger partial charge < -0.3 is 10.6 Å². The van der Waals surface area contributed by atoms with E-state index in [-0.39, 0.29) is 5.41 Å². The summed E-state index contributed by atoms with van der Waals surface area (Å²) in [6.45, 7) is 1.44. The van der Waals surface area contributed by atoms with Gasteiger partial charge in [0.1, 0.15) is 12.2 Å². The smallest absolute Gasteiger partial charge is 0.191 e. The molecule has 0 radical (unpaired) electrons. The summed E-state index contributed by atoms with van der Waals surface area (Å²) in [6.07, 6.45) is 3.91. The molecule has 3 rings (SSSR count). The fourth-order valence-corrected chi connectivity index (χ4v) is 2.76. The predicted molar refractivity (Wildman–Crippen MR) is 91.6 cm³/mol. The number of guanidine groups is 1. The zero-order valence-corrected chi connectivity index (χ0v) is 14.1. The van der Waals surface area contributed by atoms with Gasteiger partial charge in [0.25, 0.3) is 0 Å². The lowest BCUT2D eigenvalue weighted by Gasteiger charge is -2.19. The lowest BCUT2D eigenvalue weighted by atomic mass is 9.96. The van der Waals surface area contributed by atoms with Gasteiger partial charge in [-0.15, -0.1) is 0 Å². The van der Waals surface area contributed by atoms with E-state index in [1.165, 1.54) is 18.4 Å². The van der Waals surface area contributed by atoms with Gasteiger partial charge in [0.2, 0.25) is 0 Å². The molecule has 1 saturated carbocycles. The number of hydrogen-bond acceptors (Lipinski definition) is 3. The largest absolute Gasteiger partial charge is 0.356 e. The minimum Gasteiger partial charge on any atom is -0.356 e.